The second-order valence-electron chi connectivity index (χ2n) is 4.42. The van der Waals surface area contributed by atoms with Gasteiger partial charge in [0.1, 0.15) is 0 Å². The SMILES string of the molecule is NC(C1CC1)C1Cc2ccccc21. The Morgan fingerprint density at radius 3 is 2.69 bits per heavy atom. The van der Waals surface area contributed by atoms with E-state index >= 15 is 0 Å². The normalized spacial score (nSPS) is 27.6. The zero-order chi connectivity index (χ0) is 8.84. The van der Waals surface area contributed by atoms with Crippen LogP contribution in [-0.4, -0.2) is 6.04 Å². The summed E-state index contributed by atoms with van der Waals surface area (Å²) in [6.07, 6.45) is 3.94. The lowest BCUT2D eigenvalue weighted by Gasteiger charge is -2.34. The molecule has 0 radical (unpaired) electrons. The lowest BCUT2D eigenvalue weighted by Crippen LogP contribution is -2.37. The summed E-state index contributed by atoms with van der Waals surface area (Å²) in [5.41, 5.74) is 9.23. The van der Waals surface area contributed by atoms with Gasteiger partial charge in [0.2, 0.25) is 0 Å². The van der Waals surface area contributed by atoms with Gasteiger partial charge in [-0.2, -0.15) is 0 Å². The summed E-state index contributed by atoms with van der Waals surface area (Å²) in [6.45, 7) is 0. The fourth-order valence-corrected chi connectivity index (χ4v) is 2.45. The first-order valence-corrected chi connectivity index (χ1v) is 5.19. The van der Waals surface area contributed by atoms with Crippen molar-refractivity contribution in [2.75, 3.05) is 0 Å². The number of benzene rings is 1. The van der Waals surface area contributed by atoms with Crippen molar-refractivity contribution in [2.45, 2.75) is 31.2 Å². The molecule has 3 rings (SSSR count). The molecule has 2 unspecified atom stereocenters. The summed E-state index contributed by atoms with van der Waals surface area (Å²) in [6, 6.07) is 9.16. The van der Waals surface area contributed by atoms with E-state index in [1.165, 1.54) is 30.4 Å². The molecule has 0 spiro atoms. The zero-order valence-electron chi connectivity index (χ0n) is 7.74. The van der Waals surface area contributed by atoms with Crippen LogP contribution in [0.1, 0.15) is 29.9 Å². The highest BCUT2D eigenvalue weighted by Crippen LogP contribution is 2.44. The molecule has 1 saturated carbocycles. The van der Waals surface area contributed by atoms with Crippen LogP contribution in [0.25, 0.3) is 0 Å². The highest BCUT2D eigenvalue weighted by Gasteiger charge is 2.39. The molecule has 1 aromatic carbocycles. The number of hydrogen-bond donors (Lipinski definition) is 1. The van der Waals surface area contributed by atoms with E-state index in [0.29, 0.717) is 12.0 Å². The first kappa shape index (κ1) is 7.57. The van der Waals surface area contributed by atoms with Gasteiger partial charge in [0.25, 0.3) is 0 Å². The Morgan fingerprint density at radius 1 is 1.23 bits per heavy atom. The molecule has 0 amide bonds. The highest BCUT2D eigenvalue weighted by atomic mass is 14.7. The maximum absolute atomic E-state index is 6.20. The minimum atomic E-state index is 0.440. The van der Waals surface area contributed by atoms with Gasteiger partial charge in [-0.25, -0.2) is 0 Å². The molecule has 1 aromatic rings. The minimum Gasteiger partial charge on any atom is -0.327 e. The van der Waals surface area contributed by atoms with Crippen molar-refractivity contribution in [3.8, 4) is 0 Å². The molecule has 1 heteroatoms. The summed E-state index contributed by atoms with van der Waals surface area (Å²) >= 11 is 0. The average molecular weight is 173 g/mol. The standard InChI is InChI=1S/C12H15N/c13-12(8-5-6-8)11-7-9-3-1-2-4-10(9)11/h1-4,8,11-12H,5-7,13H2. The monoisotopic (exact) mass is 173 g/mol. The third-order valence-electron chi connectivity index (χ3n) is 3.53. The molecule has 68 valence electrons. The van der Waals surface area contributed by atoms with E-state index in [1.54, 1.807) is 0 Å². The molecule has 13 heavy (non-hydrogen) atoms. The van der Waals surface area contributed by atoms with Gasteiger partial charge >= 0.3 is 0 Å². The number of fused-ring (bicyclic) bond motifs is 1. The van der Waals surface area contributed by atoms with Crippen LogP contribution in [0, 0.1) is 5.92 Å². The van der Waals surface area contributed by atoms with Crippen molar-refractivity contribution in [1.29, 1.82) is 0 Å². The topological polar surface area (TPSA) is 26.0 Å². The van der Waals surface area contributed by atoms with E-state index in [-0.39, 0.29) is 0 Å². The van der Waals surface area contributed by atoms with Crippen molar-refractivity contribution in [1.82, 2.24) is 0 Å². The molecule has 0 heterocycles. The Labute approximate surface area is 78.9 Å². The summed E-state index contributed by atoms with van der Waals surface area (Å²) in [5, 5.41) is 0. The molecule has 0 bridgehead atoms. The summed E-state index contributed by atoms with van der Waals surface area (Å²) in [7, 11) is 0. The molecule has 0 aliphatic heterocycles. The Bertz CT molecular complexity index is 328. The quantitative estimate of drug-likeness (QED) is 0.728. The first-order valence-electron chi connectivity index (χ1n) is 5.19. The Kier molecular flexibility index (Phi) is 1.50. The maximum atomic E-state index is 6.20. The van der Waals surface area contributed by atoms with Crippen molar-refractivity contribution < 1.29 is 0 Å². The molecule has 0 saturated heterocycles. The molecule has 2 N–H and O–H groups in total. The smallest absolute Gasteiger partial charge is 0.0140 e. The molecule has 2 aliphatic carbocycles. The van der Waals surface area contributed by atoms with E-state index in [4.69, 9.17) is 5.73 Å². The van der Waals surface area contributed by atoms with Gasteiger partial charge in [-0.05, 0) is 36.3 Å². The number of nitrogens with two attached hydrogens (primary N) is 1. The Balaban J connectivity index is 1.83. The van der Waals surface area contributed by atoms with Gasteiger partial charge < -0.3 is 5.73 Å². The second kappa shape index (κ2) is 2.58. The second-order valence-corrected chi connectivity index (χ2v) is 4.42. The van der Waals surface area contributed by atoms with Crippen molar-refractivity contribution in [2.24, 2.45) is 11.7 Å². The third kappa shape index (κ3) is 1.11. The van der Waals surface area contributed by atoms with Crippen LogP contribution in [0.4, 0.5) is 0 Å². The Hall–Kier alpha value is -0.820. The lowest BCUT2D eigenvalue weighted by molar-refractivity contribution is 0.442. The lowest BCUT2D eigenvalue weighted by atomic mass is 9.72. The van der Waals surface area contributed by atoms with Crippen LogP contribution >= 0.6 is 0 Å². The summed E-state index contributed by atoms with van der Waals surface area (Å²) in [4.78, 5) is 0. The molecular weight excluding hydrogens is 158 g/mol. The molecule has 2 aliphatic rings. The molecular formula is C12H15N. The number of rotatable bonds is 2. The van der Waals surface area contributed by atoms with Crippen molar-refractivity contribution in [3.05, 3.63) is 35.4 Å². The van der Waals surface area contributed by atoms with Crippen LogP contribution in [0.5, 0.6) is 0 Å². The zero-order valence-corrected chi connectivity index (χ0v) is 7.74. The van der Waals surface area contributed by atoms with E-state index < -0.39 is 0 Å². The van der Waals surface area contributed by atoms with Gasteiger partial charge in [-0.1, -0.05) is 24.3 Å². The van der Waals surface area contributed by atoms with Crippen molar-refractivity contribution in [3.63, 3.8) is 0 Å². The largest absolute Gasteiger partial charge is 0.327 e. The Morgan fingerprint density at radius 2 is 2.00 bits per heavy atom. The average Bonchev–Trinajstić information content (AvgIpc) is 2.89. The van der Waals surface area contributed by atoms with Gasteiger partial charge in [-0.3, -0.25) is 0 Å². The highest BCUT2D eigenvalue weighted by molar-refractivity contribution is 5.41. The van der Waals surface area contributed by atoms with Crippen LogP contribution in [0.2, 0.25) is 0 Å². The maximum Gasteiger partial charge on any atom is 0.0140 e. The fraction of sp³-hybridized carbons (Fsp3) is 0.500. The number of hydrogen-bond acceptors (Lipinski definition) is 1. The minimum absolute atomic E-state index is 0.440. The predicted octanol–water partition coefficient (Wildman–Crippen LogP) is 2.06. The van der Waals surface area contributed by atoms with E-state index in [2.05, 4.69) is 24.3 Å². The van der Waals surface area contributed by atoms with Gasteiger partial charge in [-0.15, -0.1) is 0 Å². The van der Waals surface area contributed by atoms with Crippen LogP contribution in [0.3, 0.4) is 0 Å². The van der Waals surface area contributed by atoms with Gasteiger partial charge in [0.05, 0.1) is 0 Å². The van der Waals surface area contributed by atoms with Crippen LogP contribution in [0.15, 0.2) is 24.3 Å². The van der Waals surface area contributed by atoms with Gasteiger partial charge in [0.15, 0.2) is 0 Å². The molecule has 2 atom stereocenters. The van der Waals surface area contributed by atoms with Crippen LogP contribution in [-0.2, 0) is 6.42 Å². The predicted molar refractivity (Wildman–Crippen MR) is 53.6 cm³/mol. The van der Waals surface area contributed by atoms with E-state index in [9.17, 15) is 0 Å². The van der Waals surface area contributed by atoms with E-state index in [1.807, 2.05) is 0 Å². The third-order valence-corrected chi connectivity index (χ3v) is 3.53. The fourth-order valence-electron chi connectivity index (χ4n) is 2.45. The molecule has 1 fully saturated rings. The summed E-state index contributed by atoms with van der Waals surface area (Å²) < 4.78 is 0. The van der Waals surface area contributed by atoms with Crippen LogP contribution < -0.4 is 5.73 Å². The van der Waals surface area contributed by atoms with E-state index in [0.717, 1.165) is 5.92 Å². The summed E-state index contributed by atoms with van der Waals surface area (Å²) in [5.74, 6) is 1.50. The molecule has 0 aromatic heterocycles. The first-order chi connectivity index (χ1) is 6.36. The van der Waals surface area contributed by atoms with Gasteiger partial charge in [0, 0.05) is 12.0 Å². The molecule has 1 nitrogen and oxygen atoms in total. The van der Waals surface area contributed by atoms with Crippen molar-refractivity contribution >= 4 is 0 Å².